The number of halogens is 1. The number of esters is 1. The Morgan fingerprint density at radius 2 is 2.14 bits per heavy atom. The van der Waals surface area contributed by atoms with Crippen molar-refractivity contribution in [2.24, 2.45) is 0 Å². The van der Waals surface area contributed by atoms with Gasteiger partial charge in [-0.2, -0.15) is 0 Å². The summed E-state index contributed by atoms with van der Waals surface area (Å²) in [4.78, 5) is 13.9. The van der Waals surface area contributed by atoms with Crippen LogP contribution in [-0.2, 0) is 4.74 Å². The fraction of sp³-hybridized carbons (Fsp3) is 0.412. The zero-order valence-corrected chi connectivity index (χ0v) is 12.8. The molecule has 0 fully saturated rings. The molecule has 3 nitrogen and oxygen atoms in total. The van der Waals surface area contributed by atoms with Crippen molar-refractivity contribution >= 4 is 11.5 Å². The summed E-state index contributed by atoms with van der Waals surface area (Å²) in [7, 11) is 1.26. The average Bonchev–Trinajstić information content (AvgIpc) is 2.47. The van der Waals surface area contributed by atoms with Gasteiger partial charge in [0.15, 0.2) is 0 Å². The Labute approximate surface area is 125 Å². The molecule has 4 heteroatoms. The molecule has 0 saturated heterocycles. The van der Waals surface area contributed by atoms with Crippen LogP contribution >= 0.6 is 0 Å². The van der Waals surface area contributed by atoms with Crippen molar-refractivity contribution in [3.63, 3.8) is 0 Å². The topological polar surface area (TPSA) is 29.5 Å². The van der Waals surface area contributed by atoms with Crippen molar-refractivity contribution in [2.75, 3.05) is 26.7 Å². The van der Waals surface area contributed by atoms with E-state index in [1.807, 2.05) is 0 Å². The van der Waals surface area contributed by atoms with Crippen molar-refractivity contribution < 1.29 is 13.9 Å². The Balaban J connectivity index is 2.16. The molecule has 21 heavy (non-hydrogen) atoms. The molecule has 0 atom stereocenters. The molecule has 113 valence electrons. The van der Waals surface area contributed by atoms with Crippen LogP contribution in [0.5, 0.6) is 0 Å². The van der Waals surface area contributed by atoms with Crippen molar-refractivity contribution in [3.8, 4) is 0 Å². The molecular formula is C17H21FNO2. The number of carbonyl (C=O) groups excluding carboxylic acids is 1. The third-order valence-electron chi connectivity index (χ3n) is 3.58. The van der Waals surface area contributed by atoms with Crippen molar-refractivity contribution in [3.05, 3.63) is 47.1 Å². The third kappa shape index (κ3) is 3.91. The monoisotopic (exact) mass is 290 g/mol. The van der Waals surface area contributed by atoms with E-state index < -0.39 is 11.8 Å². The second-order valence-corrected chi connectivity index (χ2v) is 5.61. The van der Waals surface area contributed by atoms with E-state index in [-0.39, 0.29) is 5.56 Å². The highest BCUT2D eigenvalue weighted by Gasteiger charge is 2.17. The first-order chi connectivity index (χ1) is 10.0. The molecule has 0 unspecified atom stereocenters. The number of methoxy groups -OCH3 is 1. The molecule has 2 rings (SSSR count). The lowest BCUT2D eigenvalue weighted by Crippen LogP contribution is -2.31. The van der Waals surface area contributed by atoms with E-state index in [4.69, 9.17) is 0 Å². The van der Waals surface area contributed by atoms with E-state index in [0.29, 0.717) is 0 Å². The number of ether oxygens (including phenoxy) is 1. The molecule has 1 aromatic carbocycles. The Kier molecular flexibility index (Phi) is 5.12. The maximum absolute atomic E-state index is 13.6. The van der Waals surface area contributed by atoms with Gasteiger partial charge >= 0.3 is 5.97 Å². The number of hydrogen-bond acceptors (Lipinski definition) is 3. The van der Waals surface area contributed by atoms with Crippen LogP contribution in [-0.4, -0.2) is 37.6 Å². The number of hydrogen-bond donors (Lipinski definition) is 0. The third-order valence-corrected chi connectivity index (χ3v) is 3.58. The van der Waals surface area contributed by atoms with Gasteiger partial charge in [0.2, 0.25) is 0 Å². The Morgan fingerprint density at radius 1 is 1.38 bits per heavy atom. The van der Waals surface area contributed by atoms with E-state index in [2.05, 4.69) is 29.6 Å². The predicted octanol–water partition coefficient (Wildman–Crippen LogP) is 3.32. The van der Waals surface area contributed by atoms with Gasteiger partial charge in [-0.1, -0.05) is 26.0 Å². The minimum atomic E-state index is -0.636. The molecule has 0 aromatic heterocycles. The Bertz CT molecular complexity index is 552. The molecule has 1 radical (unpaired) electrons. The van der Waals surface area contributed by atoms with Crippen LogP contribution in [0.15, 0.2) is 24.3 Å². The van der Waals surface area contributed by atoms with E-state index in [1.165, 1.54) is 19.1 Å². The highest BCUT2D eigenvalue weighted by molar-refractivity contribution is 5.90. The molecular weight excluding hydrogens is 269 g/mol. The van der Waals surface area contributed by atoms with Crippen LogP contribution in [0.3, 0.4) is 0 Å². The number of benzene rings is 1. The molecule has 1 heterocycles. The number of rotatable bonds is 4. The van der Waals surface area contributed by atoms with Crippen LogP contribution in [0.2, 0.25) is 0 Å². The van der Waals surface area contributed by atoms with Gasteiger partial charge < -0.3 is 4.74 Å². The van der Waals surface area contributed by atoms with Crippen LogP contribution < -0.4 is 0 Å². The van der Waals surface area contributed by atoms with Gasteiger partial charge in [0.25, 0.3) is 0 Å². The Morgan fingerprint density at radius 3 is 2.71 bits per heavy atom. The van der Waals surface area contributed by atoms with Crippen molar-refractivity contribution in [2.45, 2.75) is 20.3 Å². The standard InChI is InChI=1S/C17H21FNO2/c1-12(2)11-19-8-6-13(7-9-19)14-4-5-16(18)15(10-14)17(20)21-3/h4-6,10H,7-9,11H2,1-3H3. The lowest BCUT2D eigenvalue weighted by molar-refractivity contribution is 0.0595. The van der Waals surface area contributed by atoms with Gasteiger partial charge in [0.1, 0.15) is 5.82 Å². The van der Waals surface area contributed by atoms with Gasteiger partial charge in [-0.25, -0.2) is 9.18 Å². The second kappa shape index (κ2) is 6.85. The lowest BCUT2D eigenvalue weighted by atomic mass is 9.97. The molecule has 1 aromatic rings. The smallest absolute Gasteiger partial charge is 0.340 e. The number of carbonyl (C=O) groups is 1. The highest BCUT2D eigenvalue weighted by atomic mass is 19.1. The van der Waals surface area contributed by atoms with Gasteiger partial charge in [0.05, 0.1) is 12.7 Å². The molecule has 0 aliphatic carbocycles. The summed E-state index contributed by atoms with van der Waals surface area (Å²) < 4.78 is 18.3. The SMILES string of the molecule is COC(=O)c1cc(C2=CCN(C[C](C)C)CC2)ccc1F. The van der Waals surface area contributed by atoms with Crippen molar-refractivity contribution in [1.82, 2.24) is 4.90 Å². The summed E-state index contributed by atoms with van der Waals surface area (Å²) in [6.45, 7) is 7.11. The average molecular weight is 290 g/mol. The predicted molar refractivity (Wildman–Crippen MR) is 81.4 cm³/mol. The maximum Gasteiger partial charge on any atom is 0.340 e. The zero-order valence-electron chi connectivity index (χ0n) is 12.8. The molecule has 0 bridgehead atoms. The highest BCUT2D eigenvalue weighted by Crippen LogP contribution is 2.25. The summed E-state index contributed by atoms with van der Waals surface area (Å²) in [5.74, 6) is 0.213. The summed E-state index contributed by atoms with van der Waals surface area (Å²) >= 11 is 0. The van der Waals surface area contributed by atoms with Gasteiger partial charge in [-0.15, -0.1) is 0 Å². The minimum absolute atomic E-state index is 0.00364. The zero-order chi connectivity index (χ0) is 15.4. The summed E-state index contributed by atoms with van der Waals surface area (Å²) in [6, 6.07) is 4.64. The fourth-order valence-electron chi connectivity index (χ4n) is 2.56. The van der Waals surface area contributed by atoms with Crippen LogP contribution in [0.4, 0.5) is 4.39 Å². The van der Waals surface area contributed by atoms with E-state index in [9.17, 15) is 9.18 Å². The van der Waals surface area contributed by atoms with Crippen LogP contribution in [0, 0.1) is 11.7 Å². The molecule has 0 amide bonds. The Hall–Kier alpha value is -1.68. The van der Waals surface area contributed by atoms with Gasteiger partial charge in [-0.3, -0.25) is 4.90 Å². The minimum Gasteiger partial charge on any atom is -0.465 e. The van der Waals surface area contributed by atoms with E-state index in [1.54, 1.807) is 12.1 Å². The summed E-state index contributed by atoms with van der Waals surface area (Å²) in [6.07, 6.45) is 3.06. The molecule has 0 spiro atoms. The van der Waals surface area contributed by atoms with Crippen molar-refractivity contribution in [1.29, 1.82) is 0 Å². The maximum atomic E-state index is 13.6. The van der Waals surface area contributed by atoms with Gasteiger partial charge in [0, 0.05) is 19.6 Å². The first kappa shape index (κ1) is 15.7. The summed E-state index contributed by atoms with van der Waals surface area (Å²) in [5.41, 5.74) is 2.05. The van der Waals surface area contributed by atoms with Crippen LogP contribution in [0.25, 0.3) is 5.57 Å². The first-order valence-corrected chi connectivity index (χ1v) is 7.10. The van der Waals surface area contributed by atoms with E-state index >= 15 is 0 Å². The fourth-order valence-corrected chi connectivity index (χ4v) is 2.56. The van der Waals surface area contributed by atoms with E-state index in [0.717, 1.165) is 37.2 Å². The number of nitrogens with zero attached hydrogens (tertiary/aromatic N) is 1. The van der Waals surface area contributed by atoms with Crippen LogP contribution in [0.1, 0.15) is 36.2 Å². The normalized spacial score (nSPS) is 16.0. The second-order valence-electron chi connectivity index (χ2n) is 5.61. The molecule has 1 aliphatic heterocycles. The largest absolute Gasteiger partial charge is 0.465 e. The molecule has 0 saturated carbocycles. The van der Waals surface area contributed by atoms with Gasteiger partial charge in [-0.05, 0) is 35.6 Å². The summed E-state index contributed by atoms with van der Waals surface area (Å²) in [5, 5.41) is 0. The quantitative estimate of drug-likeness (QED) is 0.797. The first-order valence-electron chi connectivity index (χ1n) is 7.10. The molecule has 1 aliphatic rings. The molecule has 0 N–H and O–H groups in total. The lowest BCUT2D eigenvalue weighted by Gasteiger charge is -2.27.